The molecule has 0 fully saturated rings. The van der Waals surface area contributed by atoms with Crippen LogP contribution in [0, 0.1) is 11.3 Å². The maximum Gasteiger partial charge on any atom is 0.101 e. The van der Waals surface area contributed by atoms with Gasteiger partial charge in [0.05, 0.1) is 11.0 Å². The van der Waals surface area contributed by atoms with Crippen LogP contribution in [0.25, 0.3) is 55.6 Å². The van der Waals surface area contributed by atoms with E-state index in [9.17, 15) is 5.26 Å². The fourth-order valence-corrected chi connectivity index (χ4v) is 7.65. The summed E-state index contributed by atoms with van der Waals surface area (Å²) in [5.41, 5.74) is 17.5. The first-order valence-corrected chi connectivity index (χ1v) is 15.3. The zero-order chi connectivity index (χ0) is 30.0. The van der Waals surface area contributed by atoms with Crippen molar-refractivity contribution in [2.75, 3.05) is 0 Å². The van der Waals surface area contributed by atoms with Crippen LogP contribution in [-0.4, -0.2) is 4.98 Å². The van der Waals surface area contributed by atoms with E-state index in [1.54, 1.807) is 6.20 Å². The van der Waals surface area contributed by atoms with E-state index in [1.807, 2.05) is 12.3 Å². The van der Waals surface area contributed by atoms with Gasteiger partial charge < -0.3 is 0 Å². The number of nitriles is 1. The molecule has 45 heavy (non-hydrogen) atoms. The van der Waals surface area contributed by atoms with Crippen molar-refractivity contribution in [3.63, 3.8) is 0 Å². The average molecular weight is 571 g/mol. The average Bonchev–Trinajstić information content (AvgIpc) is 3.58. The Morgan fingerprint density at radius 3 is 1.44 bits per heavy atom. The fourth-order valence-electron chi connectivity index (χ4n) is 7.65. The Labute approximate surface area is 262 Å². The van der Waals surface area contributed by atoms with Crippen LogP contribution in [-0.2, 0) is 5.41 Å². The van der Waals surface area contributed by atoms with Gasteiger partial charge >= 0.3 is 0 Å². The predicted molar refractivity (Wildman–Crippen MR) is 182 cm³/mol. The molecule has 208 valence electrons. The zero-order valence-corrected chi connectivity index (χ0v) is 24.4. The Kier molecular flexibility index (Phi) is 5.51. The minimum Gasteiger partial charge on any atom is -0.263 e. The Morgan fingerprint density at radius 1 is 0.400 bits per heavy atom. The van der Waals surface area contributed by atoms with Gasteiger partial charge in [0, 0.05) is 18.0 Å². The van der Waals surface area contributed by atoms with Crippen molar-refractivity contribution < 1.29 is 0 Å². The van der Waals surface area contributed by atoms with Crippen molar-refractivity contribution >= 4 is 0 Å². The van der Waals surface area contributed by atoms with Crippen LogP contribution in [0.4, 0.5) is 0 Å². The molecule has 0 unspecified atom stereocenters. The first kappa shape index (κ1) is 25.5. The van der Waals surface area contributed by atoms with Gasteiger partial charge in [0.2, 0.25) is 0 Å². The highest BCUT2D eigenvalue weighted by Crippen LogP contribution is 2.63. The minimum atomic E-state index is -0.367. The van der Waals surface area contributed by atoms with Gasteiger partial charge in [0.15, 0.2) is 0 Å². The van der Waals surface area contributed by atoms with E-state index in [2.05, 4.69) is 151 Å². The number of rotatable bonds is 3. The highest BCUT2D eigenvalue weighted by Gasteiger charge is 2.51. The van der Waals surface area contributed by atoms with Crippen molar-refractivity contribution in [1.82, 2.24) is 4.98 Å². The van der Waals surface area contributed by atoms with Crippen LogP contribution >= 0.6 is 0 Å². The van der Waals surface area contributed by atoms with E-state index < -0.39 is 0 Å². The van der Waals surface area contributed by atoms with E-state index in [0.29, 0.717) is 5.56 Å². The van der Waals surface area contributed by atoms with Crippen molar-refractivity contribution in [2.45, 2.75) is 5.41 Å². The normalized spacial score (nSPS) is 13.0. The first-order chi connectivity index (χ1) is 22.3. The van der Waals surface area contributed by atoms with Gasteiger partial charge in [-0.15, -0.1) is 0 Å². The molecule has 2 nitrogen and oxygen atoms in total. The smallest absolute Gasteiger partial charge is 0.101 e. The third-order valence-electron chi connectivity index (χ3n) is 9.62. The number of hydrogen-bond donors (Lipinski definition) is 0. The van der Waals surface area contributed by atoms with E-state index >= 15 is 0 Å². The highest BCUT2D eigenvalue weighted by molar-refractivity contribution is 5.97. The van der Waals surface area contributed by atoms with Gasteiger partial charge in [-0.1, -0.05) is 127 Å². The second-order valence-electron chi connectivity index (χ2n) is 11.9. The quantitative estimate of drug-likeness (QED) is 0.212. The van der Waals surface area contributed by atoms with Crippen molar-refractivity contribution in [3.8, 4) is 61.7 Å². The summed E-state index contributed by atoms with van der Waals surface area (Å²) >= 11 is 0. The number of fused-ring (bicyclic) bond motifs is 10. The van der Waals surface area contributed by atoms with Gasteiger partial charge in [-0.2, -0.15) is 5.26 Å². The lowest BCUT2D eigenvalue weighted by Crippen LogP contribution is -2.25. The Balaban J connectivity index is 1.26. The van der Waals surface area contributed by atoms with E-state index in [-0.39, 0.29) is 5.41 Å². The summed E-state index contributed by atoms with van der Waals surface area (Å²) in [7, 11) is 0. The van der Waals surface area contributed by atoms with Crippen molar-refractivity contribution in [3.05, 3.63) is 186 Å². The molecule has 7 aromatic rings. The summed E-state index contributed by atoms with van der Waals surface area (Å²) in [6.07, 6.45) is 3.40. The molecular formula is C43H26N2. The molecule has 1 heterocycles. The molecule has 0 amide bonds. The Bertz CT molecular complexity index is 2280. The topological polar surface area (TPSA) is 36.7 Å². The van der Waals surface area contributed by atoms with Gasteiger partial charge in [-0.3, -0.25) is 4.98 Å². The Hall–Kier alpha value is -6.04. The van der Waals surface area contributed by atoms with Crippen LogP contribution in [0.5, 0.6) is 0 Å². The summed E-state index contributed by atoms with van der Waals surface area (Å²) < 4.78 is 0. The molecule has 1 spiro atoms. The van der Waals surface area contributed by atoms with E-state index in [4.69, 9.17) is 0 Å². The van der Waals surface area contributed by atoms with E-state index in [1.165, 1.54) is 61.2 Å². The SMILES string of the molecule is N#Cc1cncc(-c2ccc(-c3ccc4c(c3)-c3cc(-c5ccccc5)ccc3C43c4ccccc4-c4ccccc43)cc2)c1. The first-order valence-electron chi connectivity index (χ1n) is 15.3. The molecule has 1 aromatic heterocycles. The van der Waals surface area contributed by atoms with Crippen LogP contribution in [0.1, 0.15) is 27.8 Å². The summed E-state index contributed by atoms with van der Waals surface area (Å²) in [5.74, 6) is 0. The Morgan fingerprint density at radius 2 is 0.867 bits per heavy atom. The van der Waals surface area contributed by atoms with Gasteiger partial charge in [-0.25, -0.2) is 0 Å². The lowest BCUT2D eigenvalue weighted by molar-refractivity contribution is 0.794. The van der Waals surface area contributed by atoms with Crippen LogP contribution < -0.4 is 0 Å². The fraction of sp³-hybridized carbons (Fsp3) is 0.0233. The monoisotopic (exact) mass is 570 g/mol. The van der Waals surface area contributed by atoms with Crippen molar-refractivity contribution in [2.24, 2.45) is 0 Å². The second-order valence-corrected chi connectivity index (χ2v) is 11.9. The van der Waals surface area contributed by atoms with Crippen LogP contribution in [0.15, 0.2) is 158 Å². The highest BCUT2D eigenvalue weighted by atomic mass is 14.6. The summed E-state index contributed by atoms with van der Waals surface area (Å²) in [5, 5.41) is 9.33. The third kappa shape index (κ3) is 3.65. The lowest BCUT2D eigenvalue weighted by atomic mass is 9.70. The molecule has 6 aromatic carbocycles. The summed E-state index contributed by atoms with van der Waals surface area (Å²) in [4.78, 5) is 4.25. The lowest BCUT2D eigenvalue weighted by Gasteiger charge is -2.30. The molecule has 0 N–H and O–H groups in total. The molecule has 0 bridgehead atoms. The van der Waals surface area contributed by atoms with E-state index in [0.717, 1.165) is 16.7 Å². The molecule has 2 aliphatic rings. The third-order valence-corrected chi connectivity index (χ3v) is 9.62. The molecule has 0 aliphatic heterocycles. The van der Waals surface area contributed by atoms with Crippen LogP contribution in [0.3, 0.4) is 0 Å². The molecule has 2 heteroatoms. The maximum atomic E-state index is 9.33. The predicted octanol–water partition coefficient (Wildman–Crippen LogP) is 10.3. The molecule has 0 atom stereocenters. The van der Waals surface area contributed by atoms with Crippen molar-refractivity contribution in [1.29, 1.82) is 5.26 Å². The number of nitrogens with zero attached hydrogens (tertiary/aromatic N) is 2. The standard InChI is InChI=1S/C43H26N2/c44-25-28-22-34(27-45-26-28)31-16-14-30(15-17-31)33-19-21-42-38(24-33)37-23-32(29-8-2-1-3-9-29)18-20-41(37)43(42)39-12-6-4-10-35(39)36-11-5-7-13-40(36)43/h1-24,26-27H. The molecule has 2 aliphatic carbocycles. The molecular weight excluding hydrogens is 544 g/mol. The number of hydrogen-bond acceptors (Lipinski definition) is 2. The molecule has 0 saturated heterocycles. The molecule has 9 rings (SSSR count). The number of pyridine rings is 1. The van der Waals surface area contributed by atoms with Gasteiger partial charge in [-0.05, 0) is 90.5 Å². The molecule has 0 radical (unpaired) electrons. The summed E-state index contributed by atoms with van der Waals surface area (Å²) in [6, 6.07) is 55.3. The second kappa shape index (κ2) is 9.74. The molecule has 0 saturated carbocycles. The number of benzene rings is 6. The van der Waals surface area contributed by atoms with Gasteiger partial charge in [0.25, 0.3) is 0 Å². The number of aromatic nitrogens is 1. The zero-order valence-electron chi connectivity index (χ0n) is 24.4. The largest absolute Gasteiger partial charge is 0.263 e. The maximum absolute atomic E-state index is 9.33. The summed E-state index contributed by atoms with van der Waals surface area (Å²) in [6.45, 7) is 0. The van der Waals surface area contributed by atoms with Gasteiger partial charge in [0.1, 0.15) is 6.07 Å². The van der Waals surface area contributed by atoms with Crippen LogP contribution in [0.2, 0.25) is 0 Å². The minimum absolute atomic E-state index is 0.367.